The summed E-state index contributed by atoms with van der Waals surface area (Å²) in [6.45, 7) is 5.12. The van der Waals surface area contributed by atoms with Crippen molar-refractivity contribution in [2.75, 3.05) is 36.8 Å². The van der Waals surface area contributed by atoms with E-state index in [9.17, 15) is 10.1 Å². The summed E-state index contributed by atoms with van der Waals surface area (Å²) >= 11 is 1.38. The summed E-state index contributed by atoms with van der Waals surface area (Å²) in [4.78, 5) is 25.1. The number of anilines is 2. The molecule has 2 aliphatic rings. The number of amidine groups is 1. The molecule has 3 heterocycles. The molecule has 0 spiro atoms. The van der Waals surface area contributed by atoms with Gasteiger partial charge >= 0.3 is 0 Å². The molecule has 2 aromatic heterocycles. The molecule has 156 valence electrons. The molecule has 10 heteroatoms. The van der Waals surface area contributed by atoms with Crippen LogP contribution in [0.25, 0.3) is 0 Å². The molecule has 1 aliphatic heterocycles. The third-order valence-corrected chi connectivity index (χ3v) is 6.87. The van der Waals surface area contributed by atoms with E-state index in [-0.39, 0.29) is 11.7 Å². The summed E-state index contributed by atoms with van der Waals surface area (Å²) in [6, 6.07) is 3.78. The minimum atomic E-state index is -0.909. The fraction of sp³-hybridized carbons (Fsp3) is 0.450. The standard InChI is InChI=1S/C20H24N8OS/c1-20(5-2-3-14-15(20)12(11-21)17(23)30-14)18(29)27-16(22)13-4-6-25-19(26-13)28-9-7-24-8-10-28/h4,6,24H,2-3,5,7-10,23H2,1H3,(H2,22,27,29)/t20-/m0/s1. The maximum absolute atomic E-state index is 13.3. The minimum absolute atomic E-state index is 0.0751. The monoisotopic (exact) mass is 424 g/mol. The van der Waals surface area contributed by atoms with Crippen LogP contribution in [0.2, 0.25) is 0 Å². The number of nitriles is 1. The third kappa shape index (κ3) is 3.51. The lowest BCUT2D eigenvalue weighted by Gasteiger charge is -2.33. The number of nitrogens with one attached hydrogen (secondary N) is 3. The van der Waals surface area contributed by atoms with Gasteiger partial charge in [-0.05, 0) is 32.3 Å². The minimum Gasteiger partial charge on any atom is -0.389 e. The molecule has 1 aliphatic carbocycles. The molecule has 1 saturated heterocycles. The molecule has 30 heavy (non-hydrogen) atoms. The topological polar surface area (TPSA) is 144 Å². The van der Waals surface area contributed by atoms with Gasteiger partial charge in [0.2, 0.25) is 11.9 Å². The van der Waals surface area contributed by atoms with Crippen LogP contribution in [0.5, 0.6) is 0 Å². The lowest BCUT2D eigenvalue weighted by Crippen LogP contribution is -2.47. The van der Waals surface area contributed by atoms with Crippen molar-refractivity contribution < 1.29 is 4.79 Å². The van der Waals surface area contributed by atoms with Crippen molar-refractivity contribution in [2.45, 2.75) is 31.6 Å². The normalized spacial score (nSPS) is 20.9. The Labute approximate surface area is 178 Å². The Balaban J connectivity index is 1.57. The van der Waals surface area contributed by atoms with E-state index in [0.717, 1.165) is 43.9 Å². The second kappa shape index (κ2) is 8.01. The molecule has 5 N–H and O–H groups in total. The molecule has 9 nitrogen and oxygen atoms in total. The first-order chi connectivity index (χ1) is 14.4. The zero-order valence-electron chi connectivity index (χ0n) is 16.8. The van der Waals surface area contributed by atoms with Gasteiger partial charge in [-0.2, -0.15) is 5.26 Å². The van der Waals surface area contributed by atoms with Gasteiger partial charge in [-0.25, -0.2) is 9.97 Å². The molecule has 0 unspecified atom stereocenters. The molecular weight excluding hydrogens is 400 g/mol. The predicted octanol–water partition coefficient (Wildman–Crippen LogP) is 1.14. The van der Waals surface area contributed by atoms with Gasteiger partial charge in [0.25, 0.3) is 0 Å². The number of nitrogen functional groups attached to an aromatic ring is 1. The van der Waals surface area contributed by atoms with Crippen LogP contribution in [-0.4, -0.2) is 47.9 Å². The number of carbonyl (C=O) groups is 1. The summed E-state index contributed by atoms with van der Waals surface area (Å²) in [5.74, 6) is 0.162. The average molecular weight is 425 g/mol. The van der Waals surface area contributed by atoms with E-state index in [4.69, 9.17) is 11.1 Å². The number of piperazine rings is 1. The summed E-state index contributed by atoms with van der Waals surface area (Å²) in [5, 5.41) is 24.4. The van der Waals surface area contributed by atoms with Crippen molar-refractivity contribution in [3.8, 4) is 6.07 Å². The van der Waals surface area contributed by atoms with E-state index in [1.54, 1.807) is 12.3 Å². The molecule has 1 amide bonds. The van der Waals surface area contributed by atoms with Gasteiger partial charge in [0.15, 0.2) is 5.84 Å². The number of aryl methyl sites for hydroxylation is 1. The number of nitrogens with two attached hydrogens (primary N) is 1. The van der Waals surface area contributed by atoms with Gasteiger partial charge in [0, 0.05) is 42.8 Å². The van der Waals surface area contributed by atoms with Crippen molar-refractivity contribution in [3.63, 3.8) is 0 Å². The fourth-order valence-electron chi connectivity index (χ4n) is 4.14. The van der Waals surface area contributed by atoms with Crippen molar-refractivity contribution in [1.29, 1.82) is 10.7 Å². The highest BCUT2D eigenvalue weighted by molar-refractivity contribution is 7.16. The summed E-state index contributed by atoms with van der Waals surface area (Å²) < 4.78 is 0. The number of rotatable bonds is 3. The highest BCUT2D eigenvalue weighted by atomic mass is 32.1. The Hall–Kier alpha value is -3.03. The third-order valence-electron chi connectivity index (χ3n) is 5.79. The SMILES string of the molecule is C[C@]1(C(=O)NC(=N)c2ccnc(N3CCNCC3)n2)CCCc2sc(N)c(C#N)c21. The van der Waals surface area contributed by atoms with Gasteiger partial charge in [0.05, 0.1) is 11.0 Å². The summed E-state index contributed by atoms with van der Waals surface area (Å²) in [5.41, 5.74) is 6.58. The lowest BCUT2D eigenvalue weighted by atomic mass is 9.72. The Morgan fingerprint density at radius 2 is 2.23 bits per heavy atom. The molecule has 4 rings (SSSR count). The predicted molar refractivity (Wildman–Crippen MR) is 116 cm³/mol. The van der Waals surface area contributed by atoms with Gasteiger partial charge in [-0.3, -0.25) is 10.2 Å². The van der Waals surface area contributed by atoms with Crippen molar-refractivity contribution >= 4 is 34.0 Å². The quantitative estimate of drug-likeness (QED) is 0.427. The molecule has 0 radical (unpaired) electrons. The summed E-state index contributed by atoms with van der Waals surface area (Å²) in [6.07, 6.45) is 3.84. The van der Waals surface area contributed by atoms with E-state index in [2.05, 4.69) is 31.6 Å². The van der Waals surface area contributed by atoms with Crippen molar-refractivity contribution in [3.05, 3.63) is 34.0 Å². The molecule has 1 fully saturated rings. The first-order valence-electron chi connectivity index (χ1n) is 9.95. The van der Waals surface area contributed by atoms with Gasteiger partial charge < -0.3 is 21.3 Å². The largest absolute Gasteiger partial charge is 0.389 e. The number of hydrogen-bond donors (Lipinski definition) is 4. The zero-order chi connectivity index (χ0) is 21.3. The molecule has 2 aromatic rings. The maximum atomic E-state index is 13.3. The van der Waals surface area contributed by atoms with E-state index < -0.39 is 5.41 Å². The first-order valence-corrected chi connectivity index (χ1v) is 10.8. The molecule has 0 saturated carbocycles. The van der Waals surface area contributed by atoms with Crippen LogP contribution in [0.4, 0.5) is 10.9 Å². The Morgan fingerprint density at radius 3 is 2.97 bits per heavy atom. The number of aromatic nitrogens is 2. The zero-order valence-corrected chi connectivity index (χ0v) is 17.6. The van der Waals surface area contributed by atoms with Gasteiger partial charge in [-0.1, -0.05) is 0 Å². The highest BCUT2D eigenvalue weighted by Gasteiger charge is 2.43. The Bertz CT molecular complexity index is 1040. The van der Waals surface area contributed by atoms with E-state index in [0.29, 0.717) is 34.2 Å². The van der Waals surface area contributed by atoms with Crippen LogP contribution in [0, 0.1) is 16.7 Å². The maximum Gasteiger partial charge on any atom is 0.236 e. The van der Waals surface area contributed by atoms with Crippen LogP contribution in [0.1, 0.15) is 41.5 Å². The average Bonchev–Trinajstić information content (AvgIpc) is 3.11. The molecule has 0 bridgehead atoms. The smallest absolute Gasteiger partial charge is 0.236 e. The van der Waals surface area contributed by atoms with E-state index in [1.807, 2.05) is 6.92 Å². The Kier molecular flexibility index (Phi) is 5.40. The summed E-state index contributed by atoms with van der Waals surface area (Å²) in [7, 11) is 0. The van der Waals surface area contributed by atoms with Gasteiger partial charge in [0.1, 0.15) is 16.8 Å². The van der Waals surface area contributed by atoms with E-state index >= 15 is 0 Å². The van der Waals surface area contributed by atoms with Crippen LogP contribution in [-0.2, 0) is 16.6 Å². The van der Waals surface area contributed by atoms with Crippen LogP contribution >= 0.6 is 11.3 Å². The molecule has 0 aromatic carbocycles. The van der Waals surface area contributed by atoms with Crippen molar-refractivity contribution in [2.24, 2.45) is 0 Å². The molecular formula is C20H24N8OS. The number of hydrogen-bond acceptors (Lipinski definition) is 9. The van der Waals surface area contributed by atoms with Crippen LogP contribution < -0.4 is 21.3 Å². The van der Waals surface area contributed by atoms with Crippen molar-refractivity contribution in [1.82, 2.24) is 20.6 Å². The van der Waals surface area contributed by atoms with Crippen LogP contribution in [0.15, 0.2) is 12.3 Å². The lowest BCUT2D eigenvalue weighted by molar-refractivity contribution is -0.125. The van der Waals surface area contributed by atoms with E-state index in [1.165, 1.54) is 11.3 Å². The number of carbonyl (C=O) groups excluding carboxylic acids is 1. The van der Waals surface area contributed by atoms with Gasteiger partial charge in [-0.15, -0.1) is 11.3 Å². The number of nitrogens with zero attached hydrogens (tertiary/aromatic N) is 4. The second-order valence-electron chi connectivity index (χ2n) is 7.75. The number of fused-ring (bicyclic) bond motifs is 1. The fourth-order valence-corrected chi connectivity index (χ4v) is 5.33. The molecule has 1 atom stereocenters. The second-order valence-corrected chi connectivity index (χ2v) is 8.88. The Morgan fingerprint density at radius 1 is 1.47 bits per heavy atom. The van der Waals surface area contributed by atoms with Crippen LogP contribution in [0.3, 0.4) is 0 Å². The number of thiophene rings is 1. The first kappa shape index (κ1) is 20.3. The highest BCUT2D eigenvalue weighted by Crippen LogP contribution is 2.45. The number of amides is 1.